The first-order valence-corrected chi connectivity index (χ1v) is 10.7. The minimum atomic E-state index is -1.10. The molecule has 154 valence electrons. The van der Waals surface area contributed by atoms with Gasteiger partial charge in [0.25, 0.3) is 5.91 Å². The van der Waals surface area contributed by atoms with E-state index in [9.17, 15) is 9.59 Å². The number of hydrogen-bond donors (Lipinski definition) is 2. The predicted molar refractivity (Wildman–Crippen MR) is 123 cm³/mol. The summed E-state index contributed by atoms with van der Waals surface area (Å²) in [5.41, 5.74) is 1.83. The number of amides is 1. The molecule has 0 aromatic heterocycles. The molecule has 1 aliphatic rings. The first-order chi connectivity index (χ1) is 13.4. The SMILES string of the molecule is CNC.O=C(O)CN1C(=O)/C(=C\c2ccc(N(CCCl)CCCl)cc2)SC1=S. The van der Waals surface area contributed by atoms with E-state index in [4.69, 9.17) is 40.5 Å². The van der Waals surface area contributed by atoms with Gasteiger partial charge in [0.1, 0.15) is 10.9 Å². The van der Waals surface area contributed by atoms with Gasteiger partial charge in [-0.3, -0.25) is 14.5 Å². The smallest absolute Gasteiger partial charge is 0.323 e. The summed E-state index contributed by atoms with van der Waals surface area (Å²) < 4.78 is 0.255. The van der Waals surface area contributed by atoms with Gasteiger partial charge in [-0.2, -0.15) is 0 Å². The molecule has 0 bridgehead atoms. The molecule has 10 heteroatoms. The Bertz CT molecular complexity index is 709. The highest BCUT2D eigenvalue weighted by atomic mass is 35.5. The van der Waals surface area contributed by atoms with Gasteiger partial charge in [0, 0.05) is 30.5 Å². The Balaban J connectivity index is 0.00000122. The minimum absolute atomic E-state index is 0.255. The Kier molecular flexibility index (Phi) is 11.5. The zero-order valence-corrected chi connectivity index (χ0v) is 18.8. The Labute approximate surface area is 184 Å². The normalized spacial score (nSPS) is 14.9. The van der Waals surface area contributed by atoms with Crippen LogP contribution >= 0.6 is 47.2 Å². The fourth-order valence-electron chi connectivity index (χ4n) is 2.28. The van der Waals surface area contributed by atoms with Crippen LogP contribution in [0.3, 0.4) is 0 Å². The number of hydrogen-bond acceptors (Lipinski definition) is 6. The quantitative estimate of drug-likeness (QED) is 0.348. The molecule has 1 amide bonds. The standard InChI is InChI=1S/C16H16Cl2N2O3S2.C2H7N/c17-5-7-19(8-6-18)12-3-1-11(2-4-12)9-13-15(23)20(10-14(21)22)16(24)25-13;1-3-2/h1-4,9H,5-8,10H2,(H,21,22);3H,1-2H3/b13-9+;. The van der Waals surface area contributed by atoms with Gasteiger partial charge in [-0.1, -0.05) is 36.1 Å². The molecule has 0 spiro atoms. The van der Waals surface area contributed by atoms with Crippen molar-refractivity contribution in [2.75, 3.05) is 50.4 Å². The van der Waals surface area contributed by atoms with Crippen LogP contribution in [0.2, 0.25) is 0 Å². The summed E-state index contributed by atoms with van der Waals surface area (Å²) in [6, 6.07) is 7.63. The largest absolute Gasteiger partial charge is 0.480 e. The van der Waals surface area contributed by atoms with Crippen molar-refractivity contribution in [3.05, 3.63) is 34.7 Å². The van der Waals surface area contributed by atoms with E-state index < -0.39 is 12.5 Å². The van der Waals surface area contributed by atoms with Gasteiger partial charge < -0.3 is 15.3 Å². The van der Waals surface area contributed by atoms with E-state index in [1.54, 1.807) is 6.08 Å². The predicted octanol–water partition coefficient (Wildman–Crippen LogP) is 3.09. The van der Waals surface area contributed by atoms with Crippen LogP contribution in [0.5, 0.6) is 0 Å². The number of thiocarbonyl (C=S) groups is 1. The number of halogens is 2. The monoisotopic (exact) mass is 463 g/mol. The molecule has 0 atom stereocenters. The number of alkyl halides is 2. The number of rotatable bonds is 8. The molecule has 1 aliphatic heterocycles. The Morgan fingerprint density at radius 3 is 2.25 bits per heavy atom. The maximum Gasteiger partial charge on any atom is 0.323 e. The second-order valence-electron chi connectivity index (χ2n) is 5.62. The van der Waals surface area contributed by atoms with Gasteiger partial charge in [0.15, 0.2) is 0 Å². The summed E-state index contributed by atoms with van der Waals surface area (Å²) in [5.74, 6) is -0.469. The van der Waals surface area contributed by atoms with Crippen molar-refractivity contribution in [3.8, 4) is 0 Å². The third kappa shape index (κ3) is 7.60. The van der Waals surface area contributed by atoms with E-state index in [1.165, 1.54) is 0 Å². The third-order valence-electron chi connectivity index (χ3n) is 3.43. The van der Waals surface area contributed by atoms with Crippen LogP contribution in [0, 0.1) is 0 Å². The molecule has 1 saturated heterocycles. The number of anilines is 1. The highest BCUT2D eigenvalue weighted by molar-refractivity contribution is 8.26. The van der Waals surface area contributed by atoms with Crippen LogP contribution in [-0.2, 0) is 9.59 Å². The molecule has 0 radical (unpaired) electrons. The molecule has 1 aromatic carbocycles. The molecule has 0 aliphatic carbocycles. The first kappa shape index (κ1) is 24.7. The summed E-state index contributed by atoms with van der Waals surface area (Å²) in [6.45, 7) is 0.968. The lowest BCUT2D eigenvalue weighted by Crippen LogP contribution is -2.33. The van der Waals surface area contributed by atoms with E-state index >= 15 is 0 Å². The maximum atomic E-state index is 12.2. The van der Waals surface area contributed by atoms with E-state index in [-0.39, 0.29) is 10.2 Å². The first-order valence-electron chi connectivity index (χ1n) is 8.40. The van der Waals surface area contributed by atoms with Crippen LogP contribution in [0.25, 0.3) is 6.08 Å². The second-order valence-corrected chi connectivity index (χ2v) is 8.05. The molecule has 6 nitrogen and oxygen atoms in total. The average Bonchev–Trinajstić information content (AvgIpc) is 2.90. The summed E-state index contributed by atoms with van der Waals surface area (Å²) in [6.07, 6.45) is 1.71. The van der Waals surface area contributed by atoms with E-state index in [2.05, 4.69) is 10.2 Å². The fraction of sp³-hybridized carbons (Fsp3) is 0.389. The molecular weight excluding hydrogens is 441 g/mol. The van der Waals surface area contributed by atoms with E-state index in [1.807, 2.05) is 38.4 Å². The van der Waals surface area contributed by atoms with Crippen molar-refractivity contribution >= 4 is 75.1 Å². The van der Waals surface area contributed by atoms with Gasteiger partial charge >= 0.3 is 5.97 Å². The topological polar surface area (TPSA) is 72.9 Å². The number of aliphatic carboxylic acids is 1. The highest BCUT2D eigenvalue weighted by Crippen LogP contribution is 2.32. The summed E-state index contributed by atoms with van der Waals surface area (Å²) in [4.78, 5) is 26.6. The van der Waals surface area contributed by atoms with E-state index in [0.717, 1.165) is 27.9 Å². The van der Waals surface area contributed by atoms with E-state index in [0.29, 0.717) is 29.8 Å². The summed E-state index contributed by atoms with van der Waals surface area (Å²) >= 11 is 17.8. The lowest BCUT2D eigenvalue weighted by molar-refractivity contribution is -0.140. The van der Waals surface area contributed by atoms with Gasteiger partial charge in [-0.15, -0.1) is 23.2 Å². The lowest BCUT2D eigenvalue weighted by Gasteiger charge is -2.22. The molecule has 1 aromatic rings. The van der Waals surface area contributed by atoms with Crippen LogP contribution in [0.1, 0.15) is 5.56 Å². The molecule has 28 heavy (non-hydrogen) atoms. The Morgan fingerprint density at radius 1 is 1.25 bits per heavy atom. The molecule has 2 rings (SSSR count). The van der Waals surface area contributed by atoms with Crippen molar-refractivity contribution in [1.82, 2.24) is 10.2 Å². The van der Waals surface area contributed by atoms with Crippen molar-refractivity contribution in [2.45, 2.75) is 0 Å². The third-order valence-corrected chi connectivity index (χ3v) is 5.15. The summed E-state index contributed by atoms with van der Waals surface area (Å²) in [7, 11) is 3.75. The molecular formula is C18H23Cl2N3O3S2. The van der Waals surface area contributed by atoms with Crippen molar-refractivity contribution in [1.29, 1.82) is 0 Å². The van der Waals surface area contributed by atoms with Crippen LogP contribution in [-0.4, -0.2) is 71.7 Å². The van der Waals surface area contributed by atoms with Gasteiger partial charge in [0.2, 0.25) is 0 Å². The van der Waals surface area contributed by atoms with Crippen LogP contribution < -0.4 is 10.2 Å². The number of nitrogens with zero attached hydrogens (tertiary/aromatic N) is 2. The Morgan fingerprint density at radius 2 is 1.79 bits per heavy atom. The minimum Gasteiger partial charge on any atom is -0.480 e. The van der Waals surface area contributed by atoms with Crippen molar-refractivity contribution < 1.29 is 14.7 Å². The molecule has 0 saturated carbocycles. The number of nitrogens with one attached hydrogen (secondary N) is 1. The number of carboxylic acid groups (broad SMARTS) is 1. The molecule has 1 fully saturated rings. The molecule has 0 unspecified atom stereocenters. The number of carbonyl (C=O) groups excluding carboxylic acids is 1. The van der Waals surface area contributed by atoms with Crippen molar-refractivity contribution in [3.63, 3.8) is 0 Å². The van der Waals surface area contributed by atoms with Crippen molar-refractivity contribution in [2.24, 2.45) is 0 Å². The number of carbonyl (C=O) groups is 2. The molecule has 2 N–H and O–H groups in total. The second kappa shape index (κ2) is 13.0. The number of thioether (sulfide) groups is 1. The number of carboxylic acids is 1. The maximum absolute atomic E-state index is 12.2. The lowest BCUT2D eigenvalue weighted by atomic mass is 10.1. The number of benzene rings is 1. The highest BCUT2D eigenvalue weighted by Gasteiger charge is 2.33. The average molecular weight is 464 g/mol. The molecule has 1 heterocycles. The van der Waals surface area contributed by atoms with Crippen LogP contribution in [0.4, 0.5) is 5.69 Å². The van der Waals surface area contributed by atoms with Crippen LogP contribution in [0.15, 0.2) is 29.2 Å². The summed E-state index contributed by atoms with van der Waals surface area (Å²) in [5, 5.41) is 11.6. The Hall–Kier alpha value is -1.32. The van der Waals surface area contributed by atoms with Gasteiger partial charge in [-0.05, 0) is 37.9 Å². The van der Waals surface area contributed by atoms with Gasteiger partial charge in [-0.25, -0.2) is 0 Å². The van der Waals surface area contributed by atoms with Gasteiger partial charge in [0.05, 0.1) is 4.91 Å². The zero-order chi connectivity index (χ0) is 21.1. The fourth-order valence-corrected chi connectivity index (χ4v) is 3.94. The zero-order valence-electron chi connectivity index (χ0n) is 15.7.